The number of rotatable bonds is 4. The Morgan fingerprint density at radius 2 is 1.62 bits per heavy atom. The van der Waals surface area contributed by atoms with E-state index in [1.54, 1.807) is 0 Å². The van der Waals surface area contributed by atoms with Crippen LogP contribution in [0.4, 0.5) is 17.6 Å². The molecule has 2 aromatic carbocycles. The summed E-state index contributed by atoms with van der Waals surface area (Å²) in [7, 11) is 0. The minimum absolute atomic E-state index is 0.161. The molecule has 112 valence electrons. The van der Waals surface area contributed by atoms with Gasteiger partial charge in [0.1, 0.15) is 5.82 Å². The number of halogens is 5. The van der Waals surface area contributed by atoms with Gasteiger partial charge in [0.25, 0.3) is 0 Å². The molecule has 21 heavy (non-hydrogen) atoms. The third-order valence-electron chi connectivity index (χ3n) is 3.03. The molecule has 0 aliphatic heterocycles. The van der Waals surface area contributed by atoms with E-state index in [2.05, 4.69) is 21.4 Å². The molecule has 1 atom stereocenters. The summed E-state index contributed by atoms with van der Waals surface area (Å²) in [5.74, 6) is 0.861. The van der Waals surface area contributed by atoms with Crippen LogP contribution in [0.2, 0.25) is 0 Å². The van der Waals surface area contributed by atoms with Crippen molar-refractivity contribution in [3.63, 3.8) is 0 Å². The molecule has 0 saturated carbocycles. The van der Waals surface area contributed by atoms with Gasteiger partial charge in [-0.15, -0.1) is 0 Å². The van der Waals surface area contributed by atoms with E-state index in [0.717, 1.165) is 12.1 Å². The van der Waals surface area contributed by atoms with Crippen LogP contribution in [0, 0.1) is 23.3 Å². The molecule has 0 heterocycles. The molecule has 7 heteroatoms. The summed E-state index contributed by atoms with van der Waals surface area (Å²) in [4.78, 5) is 0. The molecular formula is C14H11BrF4N2. The highest BCUT2D eigenvalue weighted by atomic mass is 79.9. The zero-order valence-electron chi connectivity index (χ0n) is 10.6. The molecule has 0 aliphatic rings. The molecule has 2 rings (SSSR count). The van der Waals surface area contributed by atoms with Crippen molar-refractivity contribution in [3.05, 3.63) is 69.2 Å². The minimum Gasteiger partial charge on any atom is -0.271 e. The number of hydrazine groups is 1. The van der Waals surface area contributed by atoms with Crippen LogP contribution in [0.3, 0.4) is 0 Å². The predicted molar refractivity (Wildman–Crippen MR) is 74.2 cm³/mol. The first-order chi connectivity index (χ1) is 9.92. The summed E-state index contributed by atoms with van der Waals surface area (Å²) in [6.45, 7) is 0. The van der Waals surface area contributed by atoms with Gasteiger partial charge in [0.15, 0.2) is 17.5 Å². The second kappa shape index (κ2) is 6.55. The van der Waals surface area contributed by atoms with Crippen LogP contribution in [-0.2, 0) is 6.42 Å². The summed E-state index contributed by atoms with van der Waals surface area (Å²) in [6, 6.07) is 5.44. The van der Waals surface area contributed by atoms with Crippen molar-refractivity contribution in [2.45, 2.75) is 12.5 Å². The lowest BCUT2D eigenvalue weighted by molar-refractivity contribution is 0.439. The van der Waals surface area contributed by atoms with Crippen molar-refractivity contribution in [2.24, 2.45) is 5.84 Å². The molecule has 2 aromatic rings. The van der Waals surface area contributed by atoms with E-state index < -0.39 is 29.3 Å². The Labute approximate surface area is 127 Å². The van der Waals surface area contributed by atoms with Gasteiger partial charge in [-0.2, -0.15) is 0 Å². The quantitative estimate of drug-likeness (QED) is 0.376. The Balaban J connectivity index is 2.29. The van der Waals surface area contributed by atoms with Gasteiger partial charge < -0.3 is 0 Å². The Morgan fingerprint density at radius 1 is 1.00 bits per heavy atom. The lowest BCUT2D eigenvalue weighted by Gasteiger charge is -2.17. The highest BCUT2D eigenvalue weighted by Gasteiger charge is 2.17. The summed E-state index contributed by atoms with van der Waals surface area (Å²) < 4.78 is 52.9. The molecule has 0 fully saturated rings. The topological polar surface area (TPSA) is 38.0 Å². The molecular weight excluding hydrogens is 352 g/mol. The van der Waals surface area contributed by atoms with E-state index in [1.165, 1.54) is 18.2 Å². The lowest BCUT2D eigenvalue weighted by atomic mass is 9.99. The van der Waals surface area contributed by atoms with Crippen molar-refractivity contribution in [1.82, 2.24) is 5.43 Å². The normalized spacial score (nSPS) is 12.5. The standard InChI is InChI=1S/C14H11BrF4N2/c15-9-3-7(1-2-10(9)16)4-13(21-20)8-5-11(17)14(19)12(18)6-8/h1-3,5-6,13,21H,4,20H2. The minimum atomic E-state index is -1.53. The number of hydrogen-bond donors (Lipinski definition) is 2. The van der Waals surface area contributed by atoms with E-state index >= 15 is 0 Å². The van der Waals surface area contributed by atoms with Crippen LogP contribution in [-0.4, -0.2) is 0 Å². The van der Waals surface area contributed by atoms with Crippen molar-refractivity contribution in [3.8, 4) is 0 Å². The fourth-order valence-corrected chi connectivity index (χ4v) is 2.38. The molecule has 0 saturated heterocycles. The fourth-order valence-electron chi connectivity index (χ4n) is 1.95. The average Bonchev–Trinajstić information content (AvgIpc) is 2.45. The summed E-state index contributed by atoms with van der Waals surface area (Å²) in [5.41, 5.74) is 3.26. The smallest absolute Gasteiger partial charge is 0.194 e. The van der Waals surface area contributed by atoms with Crippen molar-refractivity contribution in [1.29, 1.82) is 0 Å². The maximum atomic E-state index is 13.3. The Bertz CT molecular complexity index is 640. The largest absolute Gasteiger partial charge is 0.271 e. The van der Waals surface area contributed by atoms with E-state index in [0.29, 0.717) is 5.56 Å². The van der Waals surface area contributed by atoms with E-state index in [9.17, 15) is 17.6 Å². The zero-order valence-corrected chi connectivity index (χ0v) is 12.2. The Kier molecular flexibility index (Phi) is 4.97. The van der Waals surface area contributed by atoms with Crippen LogP contribution in [0.1, 0.15) is 17.2 Å². The molecule has 0 amide bonds. The predicted octanol–water partition coefficient (Wildman–Crippen LogP) is 3.75. The second-order valence-electron chi connectivity index (χ2n) is 4.47. The summed E-state index contributed by atoms with van der Waals surface area (Å²) >= 11 is 3.05. The lowest BCUT2D eigenvalue weighted by Crippen LogP contribution is -2.30. The molecule has 2 nitrogen and oxygen atoms in total. The summed E-state index contributed by atoms with van der Waals surface area (Å²) in [6.07, 6.45) is 0.250. The monoisotopic (exact) mass is 362 g/mol. The van der Waals surface area contributed by atoms with E-state index in [4.69, 9.17) is 5.84 Å². The van der Waals surface area contributed by atoms with Crippen LogP contribution in [0.15, 0.2) is 34.8 Å². The second-order valence-corrected chi connectivity index (χ2v) is 5.32. The van der Waals surface area contributed by atoms with Crippen LogP contribution < -0.4 is 11.3 Å². The number of nitrogens with two attached hydrogens (primary N) is 1. The van der Waals surface area contributed by atoms with Gasteiger partial charge in [-0.05, 0) is 57.7 Å². The Morgan fingerprint density at radius 3 is 2.14 bits per heavy atom. The highest BCUT2D eigenvalue weighted by molar-refractivity contribution is 9.10. The van der Waals surface area contributed by atoms with Crippen molar-refractivity contribution in [2.75, 3.05) is 0 Å². The average molecular weight is 363 g/mol. The molecule has 0 aliphatic carbocycles. The molecule has 0 aromatic heterocycles. The molecule has 3 N–H and O–H groups in total. The van der Waals surface area contributed by atoms with Gasteiger partial charge in [-0.3, -0.25) is 11.3 Å². The fraction of sp³-hybridized carbons (Fsp3) is 0.143. The molecule has 1 unspecified atom stereocenters. The third kappa shape index (κ3) is 3.61. The maximum absolute atomic E-state index is 13.3. The van der Waals surface area contributed by atoms with Gasteiger partial charge in [0, 0.05) is 0 Å². The first-order valence-corrected chi connectivity index (χ1v) is 6.76. The summed E-state index contributed by atoms with van der Waals surface area (Å²) in [5, 5.41) is 0. The van der Waals surface area contributed by atoms with E-state index in [1.807, 2.05) is 0 Å². The molecule has 0 spiro atoms. The number of benzene rings is 2. The van der Waals surface area contributed by atoms with Crippen molar-refractivity contribution < 1.29 is 17.6 Å². The van der Waals surface area contributed by atoms with Gasteiger partial charge in [0.05, 0.1) is 10.5 Å². The third-order valence-corrected chi connectivity index (χ3v) is 3.64. The van der Waals surface area contributed by atoms with Crippen LogP contribution >= 0.6 is 15.9 Å². The molecule has 0 radical (unpaired) electrons. The van der Waals surface area contributed by atoms with Crippen LogP contribution in [0.25, 0.3) is 0 Å². The number of hydrogen-bond acceptors (Lipinski definition) is 2. The maximum Gasteiger partial charge on any atom is 0.194 e. The van der Waals surface area contributed by atoms with E-state index in [-0.39, 0.29) is 16.5 Å². The van der Waals surface area contributed by atoms with Crippen LogP contribution in [0.5, 0.6) is 0 Å². The van der Waals surface area contributed by atoms with Gasteiger partial charge in [-0.25, -0.2) is 17.6 Å². The van der Waals surface area contributed by atoms with Gasteiger partial charge in [-0.1, -0.05) is 6.07 Å². The molecule has 0 bridgehead atoms. The highest BCUT2D eigenvalue weighted by Crippen LogP contribution is 2.24. The van der Waals surface area contributed by atoms with Gasteiger partial charge >= 0.3 is 0 Å². The first-order valence-electron chi connectivity index (χ1n) is 5.97. The zero-order chi connectivity index (χ0) is 15.6. The Hall–Kier alpha value is -1.44. The van der Waals surface area contributed by atoms with Crippen molar-refractivity contribution >= 4 is 15.9 Å². The first kappa shape index (κ1) is 15.9. The van der Waals surface area contributed by atoms with Gasteiger partial charge in [0.2, 0.25) is 0 Å². The number of nitrogens with one attached hydrogen (secondary N) is 1. The SMILES string of the molecule is NNC(Cc1ccc(F)c(Br)c1)c1cc(F)c(F)c(F)c1.